The number of hydrogen-bond acceptors (Lipinski definition) is 11. The van der Waals surface area contributed by atoms with Crippen molar-refractivity contribution in [3.05, 3.63) is 11.5 Å². The summed E-state index contributed by atoms with van der Waals surface area (Å²) in [6.07, 6.45) is -10.4. The summed E-state index contributed by atoms with van der Waals surface area (Å²) in [5.74, 6) is -1.23. The maximum atomic E-state index is 10.0. The van der Waals surface area contributed by atoms with Crippen LogP contribution in [0, 0.1) is 0 Å². The van der Waals surface area contributed by atoms with Gasteiger partial charge in [0, 0.05) is 7.11 Å². The number of hydrogen-bond donors (Lipinski definition) is 7. The van der Waals surface area contributed by atoms with E-state index in [0.29, 0.717) is 0 Å². The van der Waals surface area contributed by atoms with Crippen LogP contribution in [0.4, 0.5) is 0 Å². The van der Waals surface area contributed by atoms with Crippen molar-refractivity contribution in [1.29, 1.82) is 0 Å². The predicted octanol–water partition coefficient (Wildman–Crippen LogP) is -3.09. The molecule has 1 fully saturated rings. The van der Waals surface area contributed by atoms with E-state index in [1.807, 2.05) is 0 Å². The van der Waals surface area contributed by atoms with Gasteiger partial charge >= 0.3 is 0 Å². The Morgan fingerprint density at radius 2 is 1.52 bits per heavy atom. The number of methoxy groups -OCH3 is 1. The van der Waals surface area contributed by atoms with Gasteiger partial charge in [0.05, 0.1) is 19.8 Å². The summed E-state index contributed by atoms with van der Waals surface area (Å²) in [6, 6.07) is 0. The lowest BCUT2D eigenvalue weighted by Crippen LogP contribution is -2.60. The minimum absolute atomic E-state index is 0.379. The summed E-state index contributed by atoms with van der Waals surface area (Å²) < 4.78 is 20.9. The van der Waals surface area contributed by atoms with Crippen LogP contribution in [0.25, 0.3) is 0 Å². The van der Waals surface area contributed by atoms with Gasteiger partial charge in [-0.3, -0.25) is 0 Å². The number of rotatable bonds is 6. The van der Waals surface area contributed by atoms with E-state index in [9.17, 15) is 25.5 Å². The van der Waals surface area contributed by atoms with Crippen LogP contribution in [-0.4, -0.2) is 112 Å². The summed E-state index contributed by atoms with van der Waals surface area (Å²) in [4.78, 5) is 0. The molecule has 2 aliphatic rings. The molecule has 0 saturated carbocycles. The van der Waals surface area contributed by atoms with Gasteiger partial charge in [0.25, 0.3) is 0 Å². The molecular weight excluding hydrogens is 344 g/mol. The van der Waals surface area contributed by atoms with E-state index in [2.05, 4.69) is 0 Å². The van der Waals surface area contributed by atoms with Crippen LogP contribution in [0.1, 0.15) is 0 Å². The van der Waals surface area contributed by atoms with Crippen molar-refractivity contribution in [2.24, 2.45) is 0 Å². The third kappa shape index (κ3) is 4.05. The van der Waals surface area contributed by atoms with Crippen molar-refractivity contribution in [3.8, 4) is 0 Å². The standard InChI is InChI=1S/C14H24O11/c1-22-14-13(12(21)9(18)6(3-16)25-14)23-4-7-10(19)11(20)8(17)5(2-15)24-7/h5-8,10-11,13-21H,2-4H2,1H3/t5?,6-,7-,8-,10?,11?,13-,14?/m1/s1. The smallest absolute Gasteiger partial charge is 0.191 e. The zero-order chi connectivity index (χ0) is 18.7. The van der Waals surface area contributed by atoms with Gasteiger partial charge in [-0.25, -0.2) is 0 Å². The fraction of sp³-hybridized carbons (Fsp3) is 0.857. The Bertz CT molecular complexity index is 468. The highest BCUT2D eigenvalue weighted by Crippen LogP contribution is 2.27. The molecule has 0 amide bonds. The fourth-order valence-electron chi connectivity index (χ4n) is 2.72. The van der Waals surface area contributed by atoms with Gasteiger partial charge in [0.2, 0.25) is 0 Å². The van der Waals surface area contributed by atoms with Crippen LogP contribution in [0.5, 0.6) is 0 Å². The third-order valence-corrected chi connectivity index (χ3v) is 4.21. The van der Waals surface area contributed by atoms with Gasteiger partial charge in [0.15, 0.2) is 23.9 Å². The van der Waals surface area contributed by atoms with Crippen molar-refractivity contribution in [1.82, 2.24) is 0 Å². The van der Waals surface area contributed by atoms with Crippen LogP contribution in [0.2, 0.25) is 0 Å². The maximum absolute atomic E-state index is 10.0. The summed E-state index contributed by atoms with van der Waals surface area (Å²) in [5, 5.41) is 67.5. The Morgan fingerprint density at radius 3 is 2.08 bits per heavy atom. The van der Waals surface area contributed by atoms with Crippen LogP contribution < -0.4 is 0 Å². The quantitative estimate of drug-likeness (QED) is 0.252. The molecule has 146 valence electrons. The third-order valence-electron chi connectivity index (χ3n) is 4.21. The number of ether oxygens (including phenoxy) is 4. The van der Waals surface area contributed by atoms with E-state index in [-0.39, 0.29) is 6.61 Å². The average molecular weight is 368 g/mol. The molecule has 0 spiro atoms. The second kappa shape index (κ2) is 8.58. The maximum Gasteiger partial charge on any atom is 0.191 e. The SMILES string of the molecule is COC1O[C@H](CO)C(O)=C(O)[C@H]1OC[C@H]1OC(CO)[C@@H](O)C(O)C1O. The molecule has 4 unspecified atom stereocenters. The van der Waals surface area contributed by atoms with Gasteiger partial charge in [-0.1, -0.05) is 0 Å². The molecule has 0 radical (unpaired) electrons. The molecule has 2 aliphatic heterocycles. The molecule has 7 N–H and O–H groups in total. The summed E-state index contributed by atoms with van der Waals surface area (Å²) in [7, 11) is 1.26. The molecule has 1 saturated heterocycles. The molecule has 2 rings (SSSR count). The molecule has 0 aromatic heterocycles. The zero-order valence-corrected chi connectivity index (χ0v) is 13.5. The predicted molar refractivity (Wildman–Crippen MR) is 78.5 cm³/mol. The van der Waals surface area contributed by atoms with Crippen LogP contribution in [0.3, 0.4) is 0 Å². The number of aliphatic hydroxyl groups excluding tert-OH is 7. The van der Waals surface area contributed by atoms with E-state index in [4.69, 9.17) is 29.2 Å². The van der Waals surface area contributed by atoms with Gasteiger partial charge in [-0.05, 0) is 0 Å². The normalized spacial score (nSPS) is 42.6. The van der Waals surface area contributed by atoms with E-state index in [1.54, 1.807) is 0 Å². The summed E-state index contributed by atoms with van der Waals surface area (Å²) >= 11 is 0. The topological polar surface area (TPSA) is 179 Å². The minimum atomic E-state index is -1.56. The van der Waals surface area contributed by atoms with Gasteiger partial charge in [0.1, 0.15) is 36.6 Å². The first-order valence-corrected chi connectivity index (χ1v) is 7.68. The molecule has 11 heteroatoms. The van der Waals surface area contributed by atoms with Crippen molar-refractivity contribution >= 4 is 0 Å². The lowest BCUT2D eigenvalue weighted by Gasteiger charge is -2.41. The first kappa shape index (κ1) is 20.3. The monoisotopic (exact) mass is 368 g/mol. The van der Waals surface area contributed by atoms with E-state index >= 15 is 0 Å². The highest BCUT2D eigenvalue weighted by atomic mass is 16.7. The molecule has 25 heavy (non-hydrogen) atoms. The molecule has 0 aromatic carbocycles. The second-order valence-corrected chi connectivity index (χ2v) is 5.80. The summed E-state index contributed by atoms with van der Waals surface area (Å²) in [6.45, 7) is -1.55. The number of aliphatic hydroxyl groups is 7. The largest absolute Gasteiger partial charge is 0.506 e. The van der Waals surface area contributed by atoms with Crippen molar-refractivity contribution in [3.63, 3.8) is 0 Å². The van der Waals surface area contributed by atoms with Gasteiger partial charge in [-0.2, -0.15) is 0 Å². The molecule has 0 bridgehead atoms. The highest BCUT2D eigenvalue weighted by molar-refractivity contribution is 5.14. The van der Waals surface area contributed by atoms with E-state index in [0.717, 1.165) is 0 Å². The fourth-order valence-corrected chi connectivity index (χ4v) is 2.72. The minimum Gasteiger partial charge on any atom is -0.506 e. The Morgan fingerprint density at radius 1 is 0.880 bits per heavy atom. The van der Waals surface area contributed by atoms with Crippen LogP contribution in [-0.2, 0) is 18.9 Å². The Labute approximate surface area is 143 Å². The van der Waals surface area contributed by atoms with E-state index in [1.165, 1.54) is 7.11 Å². The lowest BCUT2D eigenvalue weighted by molar-refractivity contribution is -0.262. The first-order chi connectivity index (χ1) is 11.8. The molecule has 0 aromatic rings. The molecule has 11 nitrogen and oxygen atoms in total. The lowest BCUT2D eigenvalue weighted by atomic mass is 9.95. The first-order valence-electron chi connectivity index (χ1n) is 7.68. The Balaban J connectivity index is 2.07. The van der Waals surface area contributed by atoms with Gasteiger partial charge < -0.3 is 54.7 Å². The Kier molecular flexibility index (Phi) is 6.96. The molecule has 2 heterocycles. The average Bonchev–Trinajstić information content (AvgIpc) is 2.62. The van der Waals surface area contributed by atoms with Crippen LogP contribution in [0.15, 0.2) is 11.5 Å². The molecular formula is C14H24O11. The Hall–Kier alpha value is -1.02. The molecule has 8 atom stereocenters. The highest BCUT2D eigenvalue weighted by Gasteiger charge is 2.45. The van der Waals surface area contributed by atoms with E-state index < -0.39 is 73.7 Å². The summed E-state index contributed by atoms with van der Waals surface area (Å²) in [5.41, 5.74) is 0. The van der Waals surface area contributed by atoms with Crippen molar-refractivity contribution in [2.75, 3.05) is 26.9 Å². The second-order valence-electron chi connectivity index (χ2n) is 5.80. The molecule has 0 aliphatic carbocycles. The van der Waals surface area contributed by atoms with Crippen molar-refractivity contribution < 1.29 is 54.7 Å². The zero-order valence-electron chi connectivity index (χ0n) is 13.5. The van der Waals surface area contributed by atoms with Crippen LogP contribution >= 0.6 is 0 Å². The van der Waals surface area contributed by atoms with Gasteiger partial charge in [-0.15, -0.1) is 0 Å². The van der Waals surface area contributed by atoms with Crippen molar-refractivity contribution in [2.45, 2.75) is 49.0 Å².